The number of hydrogen-bond acceptors (Lipinski definition) is 3. The number of piperidine rings is 1. The molecule has 3 aliphatic rings. The van der Waals surface area contributed by atoms with E-state index in [2.05, 4.69) is 22.0 Å². The van der Waals surface area contributed by atoms with E-state index in [0.717, 1.165) is 18.1 Å². The normalized spacial score (nSPS) is 41.1. The first-order valence-corrected chi connectivity index (χ1v) is 7.54. The van der Waals surface area contributed by atoms with Crippen LogP contribution in [0, 0.1) is 0 Å². The summed E-state index contributed by atoms with van der Waals surface area (Å²) in [6.45, 7) is 8.90. The van der Waals surface area contributed by atoms with Gasteiger partial charge in [0.15, 0.2) is 0 Å². The zero-order chi connectivity index (χ0) is 11.7. The molecule has 3 heterocycles. The first-order valence-electron chi connectivity index (χ1n) is 7.54. The van der Waals surface area contributed by atoms with Crippen molar-refractivity contribution in [2.75, 3.05) is 32.7 Å². The Morgan fingerprint density at radius 3 is 2.53 bits per heavy atom. The monoisotopic (exact) mass is 237 g/mol. The Labute approximate surface area is 106 Å². The molecule has 0 bridgehead atoms. The van der Waals surface area contributed by atoms with Gasteiger partial charge in [-0.3, -0.25) is 9.80 Å². The molecule has 3 atom stereocenters. The fraction of sp³-hybridized carbons (Fsp3) is 1.00. The van der Waals surface area contributed by atoms with Gasteiger partial charge < -0.3 is 5.32 Å². The van der Waals surface area contributed by atoms with Crippen molar-refractivity contribution >= 4 is 0 Å². The maximum absolute atomic E-state index is 3.65. The SMILES string of the molecule is CC1CCC(N2CCCN3CCCC3C2)CN1. The lowest BCUT2D eigenvalue weighted by atomic mass is 10.00. The molecule has 0 saturated carbocycles. The molecule has 0 spiro atoms. The van der Waals surface area contributed by atoms with Gasteiger partial charge >= 0.3 is 0 Å². The molecule has 3 aliphatic heterocycles. The van der Waals surface area contributed by atoms with Crippen LogP contribution in [0.2, 0.25) is 0 Å². The van der Waals surface area contributed by atoms with Crippen LogP contribution in [0.4, 0.5) is 0 Å². The van der Waals surface area contributed by atoms with E-state index in [4.69, 9.17) is 0 Å². The Bertz CT molecular complexity index is 248. The molecule has 3 nitrogen and oxygen atoms in total. The summed E-state index contributed by atoms with van der Waals surface area (Å²) in [6, 6.07) is 2.42. The predicted molar refractivity (Wildman–Crippen MR) is 71.3 cm³/mol. The molecule has 0 radical (unpaired) electrons. The van der Waals surface area contributed by atoms with Gasteiger partial charge in [-0.1, -0.05) is 0 Å². The van der Waals surface area contributed by atoms with Crippen molar-refractivity contribution in [2.45, 2.75) is 57.2 Å². The molecular formula is C14H27N3. The topological polar surface area (TPSA) is 18.5 Å². The number of nitrogens with zero attached hydrogens (tertiary/aromatic N) is 2. The van der Waals surface area contributed by atoms with Crippen LogP contribution in [0.5, 0.6) is 0 Å². The number of fused-ring (bicyclic) bond motifs is 1. The lowest BCUT2D eigenvalue weighted by Crippen LogP contribution is -2.51. The highest BCUT2D eigenvalue weighted by atomic mass is 15.3. The Hall–Kier alpha value is -0.120. The molecule has 17 heavy (non-hydrogen) atoms. The van der Waals surface area contributed by atoms with Crippen molar-refractivity contribution in [2.24, 2.45) is 0 Å². The van der Waals surface area contributed by atoms with Crippen LogP contribution >= 0.6 is 0 Å². The van der Waals surface area contributed by atoms with Crippen molar-refractivity contribution in [3.8, 4) is 0 Å². The van der Waals surface area contributed by atoms with E-state index in [1.165, 1.54) is 64.8 Å². The molecule has 3 saturated heterocycles. The highest BCUT2D eigenvalue weighted by molar-refractivity contribution is 4.89. The Balaban J connectivity index is 1.59. The molecule has 3 fully saturated rings. The van der Waals surface area contributed by atoms with Gasteiger partial charge in [-0.25, -0.2) is 0 Å². The van der Waals surface area contributed by atoms with Crippen LogP contribution < -0.4 is 5.32 Å². The van der Waals surface area contributed by atoms with E-state index in [9.17, 15) is 0 Å². The molecular weight excluding hydrogens is 210 g/mol. The average molecular weight is 237 g/mol. The highest BCUT2D eigenvalue weighted by Gasteiger charge is 2.32. The smallest absolute Gasteiger partial charge is 0.0223 e. The molecule has 3 unspecified atom stereocenters. The number of hydrogen-bond donors (Lipinski definition) is 1. The van der Waals surface area contributed by atoms with E-state index >= 15 is 0 Å². The lowest BCUT2D eigenvalue weighted by Gasteiger charge is -2.37. The molecule has 1 N–H and O–H groups in total. The summed E-state index contributed by atoms with van der Waals surface area (Å²) in [7, 11) is 0. The van der Waals surface area contributed by atoms with Gasteiger partial charge in [-0.05, 0) is 58.7 Å². The summed E-state index contributed by atoms with van der Waals surface area (Å²) < 4.78 is 0. The van der Waals surface area contributed by atoms with Gasteiger partial charge in [-0.15, -0.1) is 0 Å². The minimum Gasteiger partial charge on any atom is -0.313 e. The van der Waals surface area contributed by atoms with Crippen LogP contribution in [0.3, 0.4) is 0 Å². The quantitative estimate of drug-likeness (QED) is 0.741. The summed E-state index contributed by atoms with van der Waals surface area (Å²) in [5, 5.41) is 3.65. The van der Waals surface area contributed by atoms with Crippen LogP contribution in [-0.2, 0) is 0 Å². The standard InChI is InChI=1S/C14H27N3/c1-12-5-6-13(10-15-12)17-9-3-8-16-7-2-4-14(16)11-17/h12-15H,2-11H2,1H3. The van der Waals surface area contributed by atoms with Gasteiger partial charge in [0.2, 0.25) is 0 Å². The zero-order valence-corrected chi connectivity index (χ0v) is 11.2. The Morgan fingerprint density at radius 1 is 0.882 bits per heavy atom. The minimum absolute atomic E-state index is 0.737. The van der Waals surface area contributed by atoms with Gasteiger partial charge in [-0.2, -0.15) is 0 Å². The molecule has 0 aromatic rings. The Kier molecular flexibility index (Phi) is 3.69. The summed E-state index contributed by atoms with van der Waals surface area (Å²) in [6.07, 6.45) is 7.00. The first-order chi connectivity index (χ1) is 8.33. The van der Waals surface area contributed by atoms with Crippen LogP contribution in [0.25, 0.3) is 0 Å². The molecule has 3 heteroatoms. The van der Waals surface area contributed by atoms with E-state index in [1.54, 1.807) is 0 Å². The van der Waals surface area contributed by atoms with Crippen molar-refractivity contribution < 1.29 is 0 Å². The van der Waals surface area contributed by atoms with E-state index in [1.807, 2.05) is 0 Å². The average Bonchev–Trinajstić information content (AvgIpc) is 2.68. The van der Waals surface area contributed by atoms with E-state index in [-0.39, 0.29) is 0 Å². The summed E-state index contributed by atoms with van der Waals surface area (Å²) in [4.78, 5) is 5.52. The highest BCUT2D eigenvalue weighted by Crippen LogP contribution is 2.24. The zero-order valence-electron chi connectivity index (χ0n) is 11.2. The van der Waals surface area contributed by atoms with Crippen molar-refractivity contribution in [3.05, 3.63) is 0 Å². The maximum atomic E-state index is 3.65. The minimum atomic E-state index is 0.737. The van der Waals surface area contributed by atoms with Gasteiger partial charge in [0.1, 0.15) is 0 Å². The first kappa shape index (κ1) is 11.9. The summed E-state index contributed by atoms with van der Waals surface area (Å²) in [5.41, 5.74) is 0. The van der Waals surface area contributed by atoms with Crippen LogP contribution in [-0.4, -0.2) is 60.6 Å². The second kappa shape index (κ2) is 5.25. The summed E-state index contributed by atoms with van der Waals surface area (Å²) in [5.74, 6) is 0. The van der Waals surface area contributed by atoms with E-state index < -0.39 is 0 Å². The largest absolute Gasteiger partial charge is 0.313 e. The number of rotatable bonds is 1. The van der Waals surface area contributed by atoms with Gasteiger partial charge in [0.05, 0.1) is 0 Å². The second-order valence-electron chi connectivity index (χ2n) is 6.22. The fourth-order valence-electron chi connectivity index (χ4n) is 3.86. The fourth-order valence-corrected chi connectivity index (χ4v) is 3.86. The van der Waals surface area contributed by atoms with Gasteiger partial charge in [0.25, 0.3) is 0 Å². The molecule has 0 aromatic heterocycles. The van der Waals surface area contributed by atoms with E-state index in [0.29, 0.717) is 0 Å². The maximum Gasteiger partial charge on any atom is 0.0223 e. The molecule has 0 aromatic carbocycles. The second-order valence-corrected chi connectivity index (χ2v) is 6.22. The molecule has 98 valence electrons. The Morgan fingerprint density at radius 2 is 1.71 bits per heavy atom. The van der Waals surface area contributed by atoms with Crippen molar-refractivity contribution in [1.82, 2.24) is 15.1 Å². The van der Waals surface area contributed by atoms with Crippen LogP contribution in [0.1, 0.15) is 39.0 Å². The van der Waals surface area contributed by atoms with Crippen molar-refractivity contribution in [1.29, 1.82) is 0 Å². The molecule has 3 rings (SSSR count). The van der Waals surface area contributed by atoms with Gasteiger partial charge in [0, 0.05) is 31.2 Å². The lowest BCUT2D eigenvalue weighted by molar-refractivity contribution is 0.140. The molecule has 0 amide bonds. The third-order valence-corrected chi connectivity index (χ3v) is 4.99. The third-order valence-electron chi connectivity index (χ3n) is 4.99. The summed E-state index contributed by atoms with van der Waals surface area (Å²) >= 11 is 0. The van der Waals surface area contributed by atoms with Crippen LogP contribution in [0.15, 0.2) is 0 Å². The predicted octanol–water partition coefficient (Wildman–Crippen LogP) is 1.30. The van der Waals surface area contributed by atoms with Crippen molar-refractivity contribution in [3.63, 3.8) is 0 Å². The third kappa shape index (κ3) is 2.67. The number of nitrogens with one attached hydrogen (secondary N) is 1. The molecule has 0 aliphatic carbocycles.